The third kappa shape index (κ3) is 2.76. The van der Waals surface area contributed by atoms with Crippen LogP contribution >= 0.6 is 11.6 Å². The molecule has 2 heterocycles. The van der Waals surface area contributed by atoms with E-state index in [2.05, 4.69) is 10.1 Å². The molecule has 23 heavy (non-hydrogen) atoms. The van der Waals surface area contributed by atoms with Crippen molar-refractivity contribution in [3.05, 3.63) is 78.4 Å². The van der Waals surface area contributed by atoms with Crippen molar-refractivity contribution >= 4 is 33.8 Å². The molecule has 0 fully saturated rings. The van der Waals surface area contributed by atoms with E-state index in [1.807, 2.05) is 60.8 Å². The van der Waals surface area contributed by atoms with Crippen molar-refractivity contribution in [3.63, 3.8) is 0 Å². The van der Waals surface area contributed by atoms with E-state index in [4.69, 9.17) is 16.0 Å². The van der Waals surface area contributed by atoms with Crippen molar-refractivity contribution in [2.75, 3.05) is 0 Å². The third-order valence-corrected chi connectivity index (χ3v) is 3.69. The summed E-state index contributed by atoms with van der Waals surface area (Å²) in [7, 11) is 0. The summed E-state index contributed by atoms with van der Waals surface area (Å²) >= 11 is 6.34. The summed E-state index contributed by atoms with van der Waals surface area (Å²) in [5.74, 6) is 0.403. The predicted molar refractivity (Wildman–Crippen MR) is 91.3 cm³/mol. The molecule has 0 unspecified atom stereocenters. The number of hydrogen-bond donors (Lipinski definition) is 0. The van der Waals surface area contributed by atoms with Gasteiger partial charge in [-0.15, -0.1) is 0 Å². The average Bonchev–Trinajstić information content (AvgIpc) is 3.22. The molecule has 0 N–H and O–H groups in total. The second-order valence-corrected chi connectivity index (χ2v) is 5.44. The number of para-hydroxylation sites is 3. The minimum Gasteiger partial charge on any atom is -0.435 e. The number of hydrogen-bond acceptors (Lipinski definition) is 3. The molecule has 0 bridgehead atoms. The van der Waals surface area contributed by atoms with Crippen molar-refractivity contribution in [3.8, 4) is 5.69 Å². The lowest BCUT2D eigenvalue weighted by atomic mass is 10.3. The quantitative estimate of drug-likeness (QED) is 0.547. The Balaban J connectivity index is 1.66. The van der Waals surface area contributed by atoms with Crippen LogP contribution in [0.4, 0.5) is 0 Å². The van der Waals surface area contributed by atoms with E-state index in [1.54, 1.807) is 17.0 Å². The second-order valence-electron chi connectivity index (χ2n) is 5.03. The molecule has 0 saturated carbocycles. The van der Waals surface area contributed by atoms with Gasteiger partial charge in [0.1, 0.15) is 10.5 Å². The van der Waals surface area contributed by atoms with Crippen molar-refractivity contribution in [1.82, 2.24) is 14.8 Å². The zero-order chi connectivity index (χ0) is 15.6. The van der Waals surface area contributed by atoms with Gasteiger partial charge in [0.05, 0.1) is 11.9 Å². The molecule has 0 aliphatic carbocycles. The lowest BCUT2D eigenvalue weighted by molar-refractivity contribution is 0.588. The van der Waals surface area contributed by atoms with Crippen molar-refractivity contribution in [2.24, 2.45) is 0 Å². The first-order valence-electron chi connectivity index (χ1n) is 7.13. The lowest BCUT2D eigenvalue weighted by Crippen LogP contribution is -1.92. The zero-order valence-electron chi connectivity index (χ0n) is 12.1. The van der Waals surface area contributed by atoms with Gasteiger partial charge in [-0.3, -0.25) is 0 Å². The topological polar surface area (TPSA) is 43.9 Å². The maximum atomic E-state index is 6.34. The number of rotatable bonds is 3. The predicted octanol–water partition coefficient (Wildman–Crippen LogP) is 4.75. The highest BCUT2D eigenvalue weighted by Crippen LogP contribution is 2.25. The van der Waals surface area contributed by atoms with E-state index in [-0.39, 0.29) is 0 Å². The van der Waals surface area contributed by atoms with Crippen LogP contribution in [0.3, 0.4) is 0 Å². The highest BCUT2D eigenvalue weighted by Gasteiger charge is 2.09. The summed E-state index contributed by atoms with van der Waals surface area (Å²) in [6.45, 7) is 0. The molecule has 0 atom stereocenters. The van der Waals surface area contributed by atoms with Crippen LogP contribution in [-0.2, 0) is 0 Å². The summed E-state index contributed by atoms with van der Waals surface area (Å²) in [6, 6.07) is 17.5. The molecule has 0 spiro atoms. The van der Waals surface area contributed by atoms with Crippen molar-refractivity contribution in [1.29, 1.82) is 0 Å². The number of aromatic nitrogens is 3. The van der Waals surface area contributed by atoms with Gasteiger partial charge >= 0.3 is 0 Å². The van der Waals surface area contributed by atoms with Crippen LogP contribution in [0.2, 0.25) is 0 Å². The fraction of sp³-hybridized carbons (Fsp3) is 0. The Labute approximate surface area is 137 Å². The molecule has 5 heteroatoms. The number of halogens is 1. The first-order chi connectivity index (χ1) is 11.3. The van der Waals surface area contributed by atoms with Crippen LogP contribution in [0.15, 0.2) is 71.4 Å². The lowest BCUT2D eigenvalue weighted by Gasteiger charge is -1.98. The van der Waals surface area contributed by atoms with Gasteiger partial charge in [0.25, 0.3) is 0 Å². The van der Waals surface area contributed by atoms with Gasteiger partial charge in [-0.1, -0.05) is 41.9 Å². The van der Waals surface area contributed by atoms with Gasteiger partial charge in [-0.2, -0.15) is 5.10 Å². The van der Waals surface area contributed by atoms with Crippen LogP contribution in [-0.4, -0.2) is 14.8 Å². The Bertz CT molecular complexity index is 953. The van der Waals surface area contributed by atoms with Crippen LogP contribution in [0.5, 0.6) is 0 Å². The highest BCUT2D eigenvalue weighted by atomic mass is 35.5. The summed E-state index contributed by atoms with van der Waals surface area (Å²) in [6.07, 6.45) is 5.44. The number of nitrogens with zero attached hydrogens (tertiary/aromatic N) is 3. The van der Waals surface area contributed by atoms with E-state index in [0.717, 1.165) is 16.8 Å². The van der Waals surface area contributed by atoms with Gasteiger partial charge in [0.15, 0.2) is 5.58 Å². The van der Waals surface area contributed by atoms with E-state index >= 15 is 0 Å². The molecule has 0 amide bonds. The maximum absolute atomic E-state index is 6.34. The van der Waals surface area contributed by atoms with Crippen molar-refractivity contribution < 1.29 is 4.42 Å². The standard InChI is InChI=1S/C18H12ClN3O/c19-15(18-21-16-8-4-5-9-17(16)23-18)10-13-11-20-22(12-13)14-6-2-1-3-7-14/h1-12H/b15-10-. The Morgan fingerprint density at radius 1 is 1.04 bits per heavy atom. The SMILES string of the molecule is Cl/C(=C\c1cnn(-c2ccccc2)c1)c1nc2ccccc2o1. The molecule has 2 aromatic heterocycles. The van der Waals surface area contributed by atoms with E-state index < -0.39 is 0 Å². The van der Waals surface area contributed by atoms with E-state index in [0.29, 0.717) is 16.5 Å². The van der Waals surface area contributed by atoms with E-state index in [9.17, 15) is 0 Å². The number of fused-ring (bicyclic) bond motifs is 1. The molecular formula is C18H12ClN3O. The minimum atomic E-state index is 0.403. The Morgan fingerprint density at radius 3 is 2.65 bits per heavy atom. The van der Waals surface area contributed by atoms with Gasteiger partial charge in [0.2, 0.25) is 5.89 Å². The molecule has 4 nitrogen and oxygen atoms in total. The summed E-state index contributed by atoms with van der Waals surface area (Å²) in [4.78, 5) is 4.38. The molecular weight excluding hydrogens is 310 g/mol. The normalized spacial score (nSPS) is 12.0. The van der Waals surface area contributed by atoms with Crippen LogP contribution in [0.25, 0.3) is 27.9 Å². The molecule has 2 aromatic carbocycles. The Hall–Kier alpha value is -2.85. The summed E-state index contributed by atoms with van der Waals surface area (Å²) < 4.78 is 7.45. The first kappa shape index (κ1) is 13.8. The van der Waals surface area contributed by atoms with E-state index in [1.165, 1.54) is 0 Å². The Morgan fingerprint density at radius 2 is 1.83 bits per heavy atom. The van der Waals surface area contributed by atoms with Gasteiger partial charge in [0, 0.05) is 11.8 Å². The number of oxazole rings is 1. The molecule has 0 aliphatic heterocycles. The third-order valence-electron chi connectivity index (χ3n) is 3.41. The average molecular weight is 322 g/mol. The van der Waals surface area contributed by atoms with Gasteiger partial charge in [-0.25, -0.2) is 9.67 Å². The van der Waals surface area contributed by atoms with Crippen LogP contribution < -0.4 is 0 Å². The fourth-order valence-corrected chi connectivity index (χ4v) is 2.52. The molecule has 112 valence electrons. The number of benzene rings is 2. The largest absolute Gasteiger partial charge is 0.435 e. The summed E-state index contributed by atoms with van der Waals surface area (Å²) in [5, 5.41) is 4.78. The highest BCUT2D eigenvalue weighted by molar-refractivity contribution is 6.50. The second kappa shape index (κ2) is 5.74. The summed E-state index contributed by atoms with van der Waals surface area (Å²) in [5.41, 5.74) is 3.37. The Kier molecular flexibility index (Phi) is 3.44. The van der Waals surface area contributed by atoms with Crippen molar-refractivity contribution in [2.45, 2.75) is 0 Å². The molecule has 4 aromatic rings. The zero-order valence-corrected chi connectivity index (χ0v) is 12.8. The minimum absolute atomic E-state index is 0.403. The van der Waals surface area contributed by atoms with Gasteiger partial charge < -0.3 is 4.42 Å². The van der Waals surface area contributed by atoms with Crippen LogP contribution in [0.1, 0.15) is 11.5 Å². The molecule has 0 aliphatic rings. The molecule has 0 saturated heterocycles. The smallest absolute Gasteiger partial charge is 0.238 e. The van der Waals surface area contributed by atoms with Gasteiger partial charge in [-0.05, 0) is 30.3 Å². The van der Waals surface area contributed by atoms with Crippen LogP contribution in [0, 0.1) is 0 Å². The first-order valence-corrected chi connectivity index (χ1v) is 7.51. The molecule has 4 rings (SSSR count). The molecule has 0 radical (unpaired) electrons. The monoisotopic (exact) mass is 321 g/mol. The maximum Gasteiger partial charge on any atom is 0.238 e. The fourth-order valence-electron chi connectivity index (χ4n) is 2.32.